The van der Waals surface area contributed by atoms with E-state index in [4.69, 9.17) is 10.2 Å². The number of rotatable bonds is 8. The Morgan fingerprint density at radius 2 is 1.92 bits per heavy atom. The number of nitrogens with one attached hydrogen (secondary N) is 1. The van der Waals surface area contributed by atoms with Gasteiger partial charge in [0, 0.05) is 29.4 Å². The summed E-state index contributed by atoms with van der Waals surface area (Å²) in [6, 6.07) is 6.36. The number of amides is 2. The van der Waals surface area contributed by atoms with Gasteiger partial charge in [-0.15, -0.1) is 11.3 Å². The third-order valence-corrected chi connectivity index (χ3v) is 7.32. The molecule has 39 heavy (non-hydrogen) atoms. The minimum Gasteiger partial charge on any atom is -0.454 e. The van der Waals surface area contributed by atoms with Crippen molar-refractivity contribution in [3.05, 3.63) is 69.6 Å². The number of hydrogen-bond acceptors (Lipinski definition) is 7. The first kappa shape index (κ1) is 26.2. The van der Waals surface area contributed by atoms with Crippen molar-refractivity contribution >= 4 is 39.1 Å². The van der Waals surface area contributed by atoms with Gasteiger partial charge in [-0.1, -0.05) is 0 Å². The summed E-state index contributed by atoms with van der Waals surface area (Å²) in [5.41, 5.74) is 8.57. The van der Waals surface area contributed by atoms with Gasteiger partial charge in [0.2, 0.25) is 0 Å². The number of pyridine rings is 1. The topological polar surface area (TPSA) is 134 Å². The van der Waals surface area contributed by atoms with Gasteiger partial charge in [-0.2, -0.15) is 10.2 Å². The number of primary amides is 1. The van der Waals surface area contributed by atoms with E-state index in [1.54, 1.807) is 28.6 Å². The second-order valence-electron chi connectivity index (χ2n) is 9.03. The highest BCUT2D eigenvalue weighted by Crippen LogP contribution is 2.43. The summed E-state index contributed by atoms with van der Waals surface area (Å²) in [6.45, 7) is 8.34. The normalized spacial score (nSPS) is 11.6. The maximum atomic E-state index is 13.8. The van der Waals surface area contributed by atoms with Crippen LogP contribution in [0.2, 0.25) is 0 Å². The Labute approximate surface area is 225 Å². The Hall–Kier alpha value is -4.39. The highest BCUT2D eigenvalue weighted by atomic mass is 32.1. The molecule has 0 aliphatic carbocycles. The zero-order valence-electron chi connectivity index (χ0n) is 21.6. The predicted octanol–water partition coefficient (Wildman–Crippen LogP) is 5.23. The summed E-state index contributed by atoms with van der Waals surface area (Å²) in [7, 11) is 0. The van der Waals surface area contributed by atoms with E-state index in [1.807, 2.05) is 26.8 Å². The molecule has 13 heteroatoms. The van der Waals surface area contributed by atoms with Crippen LogP contribution < -0.4 is 11.1 Å². The zero-order chi connectivity index (χ0) is 28.0. The lowest BCUT2D eigenvalue weighted by Crippen LogP contribution is -2.16. The van der Waals surface area contributed by atoms with E-state index < -0.39 is 23.9 Å². The number of carbonyl (C=O) groups is 2. The molecule has 0 radical (unpaired) electrons. The lowest BCUT2D eigenvalue weighted by Gasteiger charge is -2.10. The van der Waals surface area contributed by atoms with Crippen molar-refractivity contribution in [2.24, 2.45) is 5.73 Å². The Balaban J connectivity index is 1.58. The van der Waals surface area contributed by atoms with Crippen LogP contribution in [0.25, 0.3) is 21.3 Å². The molecule has 3 N–H and O–H groups in total. The molecule has 10 nitrogen and oxygen atoms in total. The SMILES string of the molecule is CCn1cc(-c2cc(C(F)F)nc3sc(C(N)=O)c(NC(=O)c4ccc(Cn5nc(C)cc5C)o4)c23)c(C)n1. The first-order valence-corrected chi connectivity index (χ1v) is 12.9. The fraction of sp³-hybridized carbons (Fsp3) is 0.269. The van der Waals surface area contributed by atoms with Crippen molar-refractivity contribution in [1.82, 2.24) is 24.5 Å². The molecule has 5 aromatic heterocycles. The number of alkyl halides is 2. The van der Waals surface area contributed by atoms with Crippen LogP contribution in [-0.4, -0.2) is 36.4 Å². The van der Waals surface area contributed by atoms with Crippen LogP contribution in [0.4, 0.5) is 14.5 Å². The van der Waals surface area contributed by atoms with Crippen molar-refractivity contribution in [2.45, 2.75) is 47.2 Å². The lowest BCUT2D eigenvalue weighted by molar-refractivity contribution is 0.0994. The molecule has 5 rings (SSSR count). The maximum Gasteiger partial charge on any atom is 0.291 e. The van der Waals surface area contributed by atoms with Gasteiger partial charge >= 0.3 is 0 Å². The summed E-state index contributed by atoms with van der Waals surface area (Å²) in [5.74, 6) is -0.969. The number of aryl methyl sites for hydroxylation is 4. The molecule has 0 bridgehead atoms. The Morgan fingerprint density at radius 1 is 1.15 bits per heavy atom. The van der Waals surface area contributed by atoms with E-state index in [-0.39, 0.29) is 21.2 Å². The molecule has 0 saturated carbocycles. The average Bonchev–Trinajstić information content (AvgIpc) is 3.65. The van der Waals surface area contributed by atoms with E-state index in [1.165, 1.54) is 12.1 Å². The fourth-order valence-electron chi connectivity index (χ4n) is 4.42. The van der Waals surface area contributed by atoms with Crippen LogP contribution in [-0.2, 0) is 13.1 Å². The van der Waals surface area contributed by atoms with E-state index in [0.29, 0.717) is 41.1 Å². The lowest BCUT2D eigenvalue weighted by atomic mass is 10.0. The molecule has 0 unspecified atom stereocenters. The number of anilines is 1. The number of furan rings is 1. The third kappa shape index (κ3) is 4.92. The molecule has 0 aliphatic heterocycles. The number of halogens is 2. The summed E-state index contributed by atoms with van der Waals surface area (Å²) in [6.07, 6.45) is -1.12. The molecule has 202 valence electrons. The van der Waals surface area contributed by atoms with Gasteiger partial charge in [-0.05, 0) is 57.5 Å². The molecular formula is C26H25F2N7O3S. The van der Waals surface area contributed by atoms with Crippen molar-refractivity contribution in [3.63, 3.8) is 0 Å². The van der Waals surface area contributed by atoms with E-state index in [9.17, 15) is 18.4 Å². The fourth-order valence-corrected chi connectivity index (χ4v) is 5.44. The average molecular weight is 554 g/mol. The molecular weight excluding hydrogens is 528 g/mol. The van der Waals surface area contributed by atoms with Gasteiger partial charge in [0.1, 0.15) is 21.2 Å². The first-order valence-electron chi connectivity index (χ1n) is 12.1. The van der Waals surface area contributed by atoms with E-state index >= 15 is 0 Å². The first-order chi connectivity index (χ1) is 18.5. The standard InChI is InChI=1S/C26H25F2N7O3S/c1-5-34-11-17(14(4)33-34)16-9-18(23(27)28)30-26-20(16)21(22(39-26)24(29)36)31-25(37)19-7-6-15(38-19)10-35-13(3)8-12(2)32-35/h6-9,11,23H,5,10H2,1-4H3,(H2,29,36)(H,31,37). The Morgan fingerprint density at radius 3 is 2.54 bits per heavy atom. The van der Waals surface area contributed by atoms with Crippen LogP contribution in [0.1, 0.15) is 62.1 Å². The van der Waals surface area contributed by atoms with E-state index in [0.717, 1.165) is 22.7 Å². The van der Waals surface area contributed by atoms with Crippen molar-refractivity contribution < 1.29 is 22.8 Å². The van der Waals surface area contributed by atoms with Crippen LogP contribution >= 0.6 is 11.3 Å². The minimum atomic E-state index is -2.85. The van der Waals surface area contributed by atoms with Gasteiger partial charge in [0.15, 0.2) is 5.76 Å². The maximum absolute atomic E-state index is 13.8. The minimum absolute atomic E-state index is 0.00463. The highest BCUT2D eigenvalue weighted by Gasteiger charge is 2.27. The van der Waals surface area contributed by atoms with Crippen LogP contribution in [0.15, 0.2) is 34.9 Å². The van der Waals surface area contributed by atoms with Gasteiger partial charge in [-0.25, -0.2) is 13.8 Å². The van der Waals surface area contributed by atoms with Gasteiger partial charge < -0.3 is 15.5 Å². The van der Waals surface area contributed by atoms with Gasteiger partial charge in [-0.3, -0.25) is 19.0 Å². The smallest absolute Gasteiger partial charge is 0.291 e. The predicted molar refractivity (Wildman–Crippen MR) is 142 cm³/mol. The summed E-state index contributed by atoms with van der Waals surface area (Å²) < 4.78 is 36.8. The summed E-state index contributed by atoms with van der Waals surface area (Å²) in [4.78, 5) is 29.9. The molecule has 0 fully saturated rings. The molecule has 0 aliphatic rings. The number of fused-ring (bicyclic) bond motifs is 1. The summed E-state index contributed by atoms with van der Waals surface area (Å²) in [5, 5.41) is 11.9. The van der Waals surface area contributed by atoms with Crippen molar-refractivity contribution in [1.29, 1.82) is 0 Å². The van der Waals surface area contributed by atoms with Crippen LogP contribution in [0.3, 0.4) is 0 Å². The van der Waals surface area contributed by atoms with Crippen LogP contribution in [0, 0.1) is 20.8 Å². The second-order valence-corrected chi connectivity index (χ2v) is 10.0. The molecule has 0 atom stereocenters. The molecule has 0 saturated heterocycles. The van der Waals surface area contributed by atoms with E-state index in [2.05, 4.69) is 20.5 Å². The third-order valence-electron chi connectivity index (χ3n) is 6.22. The number of carbonyl (C=O) groups excluding carboxylic acids is 2. The number of aromatic nitrogens is 5. The van der Waals surface area contributed by atoms with Gasteiger partial charge in [0.05, 0.1) is 23.6 Å². The molecule has 5 aromatic rings. The van der Waals surface area contributed by atoms with Crippen LogP contribution in [0.5, 0.6) is 0 Å². The molecule has 0 spiro atoms. The number of nitrogens with zero attached hydrogens (tertiary/aromatic N) is 5. The number of hydrogen-bond donors (Lipinski definition) is 2. The molecule has 5 heterocycles. The Kier molecular flexibility index (Phi) is 6.76. The molecule has 0 aromatic carbocycles. The number of thiophene rings is 1. The monoisotopic (exact) mass is 553 g/mol. The van der Waals surface area contributed by atoms with Crippen molar-refractivity contribution in [2.75, 3.05) is 5.32 Å². The zero-order valence-corrected chi connectivity index (χ0v) is 22.4. The van der Waals surface area contributed by atoms with Crippen molar-refractivity contribution in [3.8, 4) is 11.1 Å². The largest absolute Gasteiger partial charge is 0.454 e. The molecule has 2 amide bonds. The summed E-state index contributed by atoms with van der Waals surface area (Å²) >= 11 is 0.836. The second kappa shape index (κ2) is 10.1. The van der Waals surface area contributed by atoms with Gasteiger partial charge in [0.25, 0.3) is 18.2 Å². The number of nitrogens with two attached hydrogens (primary N) is 1. The Bertz CT molecular complexity index is 1730. The highest BCUT2D eigenvalue weighted by molar-refractivity contribution is 7.21. The quantitative estimate of drug-likeness (QED) is 0.270.